The number of nitrogens with zero attached hydrogens (tertiary/aromatic N) is 1. The lowest BCUT2D eigenvalue weighted by atomic mass is 10.1. The topological polar surface area (TPSA) is 14.1 Å². The molecule has 1 aromatic carbocycles. The molecule has 0 spiro atoms. The molecule has 0 aliphatic carbocycles. The van der Waals surface area contributed by atoms with Crippen LogP contribution in [0.25, 0.3) is 0 Å². The van der Waals surface area contributed by atoms with E-state index in [1.807, 2.05) is 0 Å². The predicted octanol–water partition coefficient (Wildman–Crippen LogP) is 2.68. The molecule has 1 atom stereocenters. The molecule has 1 nitrogen and oxygen atoms in total. The molecule has 0 bridgehead atoms. The van der Waals surface area contributed by atoms with Gasteiger partial charge in [0.2, 0.25) is 0 Å². The van der Waals surface area contributed by atoms with E-state index in [1.54, 1.807) is 0 Å². The van der Waals surface area contributed by atoms with Crippen LogP contribution in [-0.2, 0) is 0 Å². The van der Waals surface area contributed by atoms with Gasteiger partial charge in [-0.2, -0.15) is 0 Å². The molecule has 1 aromatic rings. The van der Waals surface area contributed by atoms with Gasteiger partial charge in [0, 0.05) is 12.6 Å². The fourth-order valence-electron chi connectivity index (χ4n) is 1.31. The number of hydrogen-bond acceptors (Lipinski definition) is 0. The van der Waals surface area contributed by atoms with Gasteiger partial charge in [-0.05, 0) is 19.4 Å². The van der Waals surface area contributed by atoms with Gasteiger partial charge >= 0.3 is 0 Å². The molecule has 0 N–H and O–H groups in total. The van der Waals surface area contributed by atoms with Crippen LogP contribution in [0.4, 0.5) is 0 Å². The van der Waals surface area contributed by atoms with Crippen molar-refractivity contribution in [2.75, 3.05) is 6.54 Å². The molecule has 1 unspecified atom stereocenters. The van der Waals surface area contributed by atoms with E-state index in [4.69, 9.17) is 0 Å². The van der Waals surface area contributed by atoms with Crippen molar-refractivity contribution in [2.45, 2.75) is 26.8 Å². The van der Waals surface area contributed by atoms with E-state index in [9.17, 15) is 0 Å². The van der Waals surface area contributed by atoms with E-state index in [0.29, 0.717) is 6.04 Å². The zero-order chi connectivity index (χ0) is 8.97. The zero-order valence-corrected chi connectivity index (χ0v) is 8.04. The second-order valence-electron chi connectivity index (χ2n) is 3.09. The van der Waals surface area contributed by atoms with Gasteiger partial charge in [-0.3, -0.25) is 0 Å². The standard InChI is InChI=1S/C11H16N/c1-4-12-10(3)11-7-5-6-9(2)8-11/h5-8,10H,4H2,1-3H3. The number of benzene rings is 1. The van der Waals surface area contributed by atoms with Gasteiger partial charge in [0.1, 0.15) is 0 Å². The van der Waals surface area contributed by atoms with Crippen molar-refractivity contribution in [2.24, 2.45) is 0 Å². The van der Waals surface area contributed by atoms with Gasteiger partial charge in [0.05, 0.1) is 0 Å². The van der Waals surface area contributed by atoms with Crippen LogP contribution in [0.15, 0.2) is 24.3 Å². The maximum atomic E-state index is 4.44. The molecular formula is C11H16N. The highest BCUT2D eigenvalue weighted by Gasteiger charge is 2.03. The van der Waals surface area contributed by atoms with Gasteiger partial charge in [-0.1, -0.05) is 36.8 Å². The van der Waals surface area contributed by atoms with Crippen molar-refractivity contribution in [3.05, 3.63) is 35.4 Å². The maximum absolute atomic E-state index is 4.44. The number of hydrogen-bond donors (Lipinski definition) is 0. The smallest absolute Gasteiger partial charge is 0.0467 e. The highest BCUT2D eigenvalue weighted by atomic mass is 14.9. The number of aryl methyl sites for hydroxylation is 1. The Morgan fingerprint density at radius 1 is 1.42 bits per heavy atom. The first-order valence-corrected chi connectivity index (χ1v) is 4.47. The van der Waals surface area contributed by atoms with E-state index in [0.717, 1.165) is 6.54 Å². The Morgan fingerprint density at radius 2 is 2.17 bits per heavy atom. The molecular weight excluding hydrogens is 146 g/mol. The molecule has 65 valence electrons. The molecule has 0 amide bonds. The average molecular weight is 162 g/mol. The fraction of sp³-hybridized carbons (Fsp3) is 0.455. The fourth-order valence-corrected chi connectivity index (χ4v) is 1.31. The van der Waals surface area contributed by atoms with Gasteiger partial charge in [0.15, 0.2) is 0 Å². The molecule has 0 aliphatic rings. The SMILES string of the molecule is CC[N]C(C)c1cccc(C)c1. The summed E-state index contributed by atoms with van der Waals surface area (Å²) in [6.45, 7) is 7.22. The maximum Gasteiger partial charge on any atom is 0.0467 e. The minimum Gasteiger partial charge on any atom is -0.234 e. The van der Waals surface area contributed by atoms with Gasteiger partial charge in [0.25, 0.3) is 0 Å². The molecule has 12 heavy (non-hydrogen) atoms. The van der Waals surface area contributed by atoms with Crippen LogP contribution in [0.2, 0.25) is 0 Å². The van der Waals surface area contributed by atoms with Crippen molar-refractivity contribution in [3.8, 4) is 0 Å². The molecule has 1 heteroatoms. The van der Waals surface area contributed by atoms with Crippen molar-refractivity contribution >= 4 is 0 Å². The minimum absolute atomic E-state index is 0.342. The van der Waals surface area contributed by atoms with Gasteiger partial charge < -0.3 is 0 Å². The molecule has 1 rings (SSSR count). The zero-order valence-electron chi connectivity index (χ0n) is 8.04. The summed E-state index contributed by atoms with van der Waals surface area (Å²) in [5.74, 6) is 0. The number of rotatable bonds is 3. The molecule has 0 heterocycles. The van der Waals surface area contributed by atoms with E-state index in [1.165, 1.54) is 11.1 Å². The van der Waals surface area contributed by atoms with E-state index in [-0.39, 0.29) is 0 Å². The summed E-state index contributed by atoms with van der Waals surface area (Å²) in [5, 5.41) is 4.44. The van der Waals surface area contributed by atoms with E-state index in [2.05, 4.69) is 50.4 Å². The van der Waals surface area contributed by atoms with Crippen molar-refractivity contribution in [1.29, 1.82) is 0 Å². The van der Waals surface area contributed by atoms with Crippen molar-refractivity contribution < 1.29 is 0 Å². The van der Waals surface area contributed by atoms with Crippen LogP contribution >= 0.6 is 0 Å². The Kier molecular flexibility index (Phi) is 3.30. The van der Waals surface area contributed by atoms with Crippen LogP contribution in [0.1, 0.15) is 31.0 Å². The molecule has 0 aliphatic heterocycles. The van der Waals surface area contributed by atoms with Crippen molar-refractivity contribution in [3.63, 3.8) is 0 Å². The van der Waals surface area contributed by atoms with Crippen LogP contribution < -0.4 is 5.32 Å². The Bertz CT molecular complexity index is 243. The summed E-state index contributed by atoms with van der Waals surface area (Å²) in [4.78, 5) is 0. The van der Waals surface area contributed by atoms with E-state index < -0.39 is 0 Å². The van der Waals surface area contributed by atoms with E-state index >= 15 is 0 Å². The summed E-state index contributed by atoms with van der Waals surface area (Å²) in [6.07, 6.45) is 0. The summed E-state index contributed by atoms with van der Waals surface area (Å²) in [7, 11) is 0. The molecule has 1 radical (unpaired) electrons. The Morgan fingerprint density at radius 3 is 2.75 bits per heavy atom. The quantitative estimate of drug-likeness (QED) is 0.648. The first-order chi connectivity index (χ1) is 5.74. The minimum atomic E-state index is 0.342. The summed E-state index contributed by atoms with van der Waals surface area (Å²) in [6, 6.07) is 8.88. The lowest BCUT2D eigenvalue weighted by Gasteiger charge is -2.10. The molecule has 0 saturated heterocycles. The van der Waals surface area contributed by atoms with Crippen LogP contribution in [0.5, 0.6) is 0 Å². The summed E-state index contributed by atoms with van der Waals surface area (Å²) < 4.78 is 0. The molecule has 0 fully saturated rings. The third-order valence-corrected chi connectivity index (χ3v) is 1.98. The van der Waals surface area contributed by atoms with Crippen LogP contribution in [0, 0.1) is 6.92 Å². The lowest BCUT2D eigenvalue weighted by molar-refractivity contribution is 0.584. The predicted molar refractivity (Wildman–Crippen MR) is 52.3 cm³/mol. The highest BCUT2D eigenvalue weighted by Crippen LogP contribution is 2.13. The third kappa shape index (κ3) is 2.35. The Balaban J connectivity index is 2.73. The third-order valence-electron chi connectivity index (χ3n) is 1.98. The second-order valence-corrected chi connectivity index (χ2v) is 3.09. The molecule has 0 aromatic heterocycles. The first-order valence-electron chi connectivity index (χ1n) is 4.47. The monoisotopic (exact) mass is 162 g/mol. The lowest BCUT2D eigenvalue weighted by Crippen LogP contribution is -2.09. The van der Waals surface area contributed by atoms with Crippen LogP contribution in [0.3, 0.4) is 0 Å². The average Bonchev–Trinajstić information content (AvgIpc) is 2.05. The second kappa shape index (κ2) is 4.27. The normalized spacial score (nSPS) is 12.9. The van der Waals surface area contributed by atoms with Crippen molar-refractivity contribution in [1.82, 2.24) is 5.32 Å². The largest absolute Gasteiger partial charge is 0.234 e. The van der Waals surface area contributed by atoms with Gasteiger partial charge in [-0.25, -0.2) is 5.32 Å². The highest BCUT2D eigenvalue weighted by molar-refractivity contribution is 5.24. The Labute approximate surface area is 74.8 Å². The molecule has 0 saturated carbocycles. The summed E-state index contributed by atoms with van der Waals surface area (Å²) >= 11 is 0. The Hall–Kier alpha value is -0.820. The van der Waals surface area contributed by atoms with Gasteiger partial charge in [-0.15, -0.1) is 0 Å². The van der Waals surface area contributed by atoms with Crippen LogP contribution in [-0.4, -0.2) is 6.54 Å². The first kappa shape index (κ1) is 9.27. The summed E-state index contributed by atoms with van der Waals surface area (Å²) in [5.41, 5.74) is 2.63.